The molecule has 0 spiro atoms. The first-order chi connectivity index (χ1) is 17.5. The average molecular weight is 490 g/mol. The summed E-state index contributed by atoms with van der Waals surface area (Å²) in [7, 11) is 0. The van der Waals surface area contributed by atoms with Gasteiger partial charge in [-0.25, -0.2) is 0 Å². The van der Waals surface area contributed by atoms with Crippen molar-refractivity contribution >= 4 is 23.2 Å². The summed E-state index contributed by atoms with van der Waals surface area (Å²) in [6, 6.07) is 17.5. The Morgan fingerprint density at radius 3 is 2.44 bits per heavy atom. The molecular formula is C28H35N5O3. The molecule has 8 nitrogen and oxygen atoms in total. The molecule has 2 saturated heterocycles. The highest BCUT2D eigenvalue weighted by Gasteiger charge is 2.33. The van der Waals surface area contributed by atoms with Crippen LogP contribution in [0.5, 0.6) is 0 Å². The maximum atomic E-state index is 13.5. The van der Waals surface area contributed by atoms with Gasteiger partial charge in [-0.05, 0) is 44.0 Å². The molecule has 2 heterocycles. The molecule has 2 fully saturated rings. The number of amides is 2. The van der Waals surface area contributed by atoms with Gasteiger partial charge in [0.15, 0.2) is 0 Å². The first kappa shape index (κ1) is 25.7. The van der Waals surface area contributed by atoms with E-state index in [4.69, 9.17) is 4.74 Å². The minimum atomic E-state index is -0.319. The van der Waals surface area contributed by atoms with Crippen molar-refractivity contribution in [2.75, 3.05) is 62.7 Å². The lowest BCUT2D eigenvalue weighted by molar-refractivity contribution is -0.137. The normalized spacial score (nSPS) is 18.9. The van der Waals surface area contributed by atoms with Crippen LogP contribution in [0.1, 0.15) is 37.4 Å². The molecule has 4 rings (SSSR count). The number of anilines is 2. The van der Waals surface area contributed by atoms with E-state index in [0.29, 0.717) is 63.7 Å². The lowest BCUT2D eigenvalue weighted by atomic mass is 10.0. The number of hydrogen-bond acceptors (Lipinski definition) is 6. The Balaban J connectivity index is 1.46. The van der Waals surface area contributed by atoms with Gasteiger partial charge < -0.3 is 19.9 Å². The third kappa shape index (κ3) is 5.69. The van der Waals surface area contributed by atoms with Crippen molar-refractivity contribution < 1.29 is 14.3 Å². The minimum Gasteiger partial charge on any atom is -0.381 e. The Bertz CT molecular complexity index is 1080. The summed E-state index contributed by atoms with van der Waals surface area (Å²) in [5.74, 6) is -0.0763. The smallest absolute Gasteiger partial charge is 0.244 e. The fourth-order valence-electron chi connectivity index (χ4n) is 5.04. The Kier molecular flexibility index (Phi) is 8.57. The molecule has 2 aliphatic heterocycles. The number of benzene rings is 2. The van der Waals surface area contributed by atoms with Crippen LogP contribution in [0.15, 0.2) is 48.5 Å². The van der Waals surface area contributed by atoms with Gasteiger partial charge >= 0.3 is 0 Å². The molecule has 36 heavy (non-hydrogen) atoms. The number of nitriles is 1. The van der Waals surface area contributed by atoms with Gasteiger partial charge in [0.1, 0.15) is 12.1 Å². The fraction of sp³-hybridized carbons (Fsp3) is 0.464. The van der Waals surface area contributed by atoms with Gasteiger partial charge in [-0.2, -0.15) is 5.26 Å². The Hall–Kier alpha value is -3.41. The number of hydrogen-bond donors (Lipinski definition) is 1. The van der Waals surface area contributed by atoms with Crippen LogP contribution in [0.25, 0.3) is 0 Å². The lowest BCUT2D eigenvalue weighted by Gasteiger charge is -2.41. The fourth-order valence-corrected chi connectivity index (χ4v) is 5.04. The molecule has 0 bridgehead atoms. The number of rotatable bonds is 8. The molecule has 0 radical (unpaired) electrons. The van der Waals surface area contributed by atoms with Crippen LogP contribution >= 0.6 is 0 Å². The van der Waals surface area contributed by atoms with E-state index in [-0.39, 0.29) is 23.8 Å². The molecule has 190 valence electrons. The molecule has 0 aliphatic carbocycles. The SMILES string of the molecule is CCN(CC)C(=O)C(c1ccccc1)N1CCN(c2ccc(NC(=O)[C@@H]3CCOC3)cc2C#N)CC1. The molecule has 0 aromatic heterocycles. The van der Waals surface area contributed by atoms with Gasteiger partial charge in [0.05, 0.1) is 23.8 Å². The second-order valence-electron chi connectivity index (χ2n) is 9.24. The minimum absolute atomic E-state index is 0.0671. The number of piperazine rings is 1. The summed E-state index contributed by atoms with van der Waals surface area (Å²) >= 11 is 0. The molecule has 2 amide bonds. The molecular weight excluding hydrogens is 454 g/mol. The van der Waals surface area contributed by atoms with E-state index in [9.17, 15) is 14.9 Å². The molecule has 0 saturated carbocycles. The van der Waals surface area contributed by atoms with Crippen LogP contribution in [0, 0.1) is 17.2 Å². The van der Waals surface area contributed by atoms with Crippen molar-refractivity contribution in [2.45, 2.75) is 26.3 Å². The highest BCUT2D eigenvalue weighted by Crippen LogP contribution is 2.29. The van der Waals surface area contributed by atoms with E-state index in [1.165, 1.54) is 0 Å². The molecule has 8 heteroatoms. The summed E-state index contributed by atoms with van der Waals surface area (Å²) < 4.78 is 5.31. The first-order valence-electron chi connectivity index (χ1n) is 12.8. The van der Waals surface area contributed by atoms with E-state index in [0.717, 1.165) is 17.7 Å². The molecule has 1 N–H and O–H groups in total. The maximum absolute atomic E-state index is 13.5. The largest absolute Gasteiger partial charge is 0.381 e. The average Bonchev–Trinajstić information content (AvgIpc) is 3.46. The molecule has 2 aliphatic rings. The zero-order valence-electron chi connectivity index (χ0n) is 21.2. The van der Waals surface area contributed by atoms with Crippen LogP contribution in [-0.2, 0) is 14.3 Å². The zero-order valence-corrected chi connectivity index (χ0v) is 21.2. The van der Waals surface area contributed by atoms with E-state index in [2.05, 4.69) is 21.2 Å². The summed E-state index contributed by atoms with van der Waals surface area (Å²) in [4.78, 5) is 32.2. The molecule has 2 aromatic rings. The first-order valence-corrected chi connectivity index (χ1v) is 12.8. The van der Waals surface area contributed by atoms with Crippen LogP contribution in [0.2, 0.25) is 0 Å². The molecule has 2 atom stereocenters. The van der Waals surface area contributed by atoms with Gasteiger partial charge in [0.25, 0.3) is 0 Å². The number of ether oxygens (including phenoxy) is 1. The number of carbonyl (C=O) groups is 2. The Morgan fingerprint density at radius 1 is 1.11 bits per heavy atom. The van der Waals surface area contributed by atoms with E-state index < -0.39 is 0 Å². The van der Waals surface area contributed by atoms with Gasteiger partial charge in [-0.15, -0.1) is 0 Å². The summed E-state index contributed by atoms with van der Waals surface area (Å²) in [5, 5.41) is 12.8. The van der Waals surface area contributed by atoms with Crippen LogP contribution < -0.4 is 10.2 Å². The van der Waals surface area contributed by atoms with Crippen molar-refractivity contribution in [1.82, 2.24) is 9.80 Å². The van der Waals surface area contributed by atoms with Crippen molar-refractivity contribution in [3.05, 3.63) is 59.7 Å². The third-order valence-electron chi connectivity index (χ3n) is 7.13. The van der Waals surface area contributed by atoms with Gasteiger partial charge in [0.2, 0.25) is 11.8 Å². The van der Waals surface area contributed by atoms with Crippen LogP contribution in [-0.4, -0.2) is 74.1 Å². The number of carbonyl (C=O) groups excluding carboxylic acids is 2. The van der Waals surface area contributed by atoms with E-state index in [1.54, 1.807) is 6.07 Å². The predicted molar refractivity (Wildman–Crippen MR) is 140 cm³/mol. The van der Waals surface area contributed by atoms with Crippen molar-refractivity contribution in [2.24, 2.45) is 5.92 Å². The maximum Gasteiger partial charge on any atom is 0.244 e. The lowest BCUT2D eigenvalue weighted by Crippen LogP contribution is -2.51. The van der Waals surface area contributed by atoms with Crippen molar-refractivity contribution in [1.29, 1.82) is 5.26 Å². The Labute approximate surface area is 213 Å². The van der Waals surface area contributed by atoms with Gasteiger partial charge in [-0.3, -0.25) is 14.5 Å². The molecule has 1 unspecified atom stereocenters. The van der Waals surface area contributed by atoms with Gasteiger partial charge in [-0.1, -0.05) is 30.3 Å². The predicted octanol–water partition coefficient (Wildman–Crippen LogP) is 3.26. The van der Waals surface area contributed by atoms with Crippen molar-refractivity contribution in [3.63, 3.8) is 0 Å². The van der Waals surface area contributed by atoms with Crippen LogP contribution in [0.3, 0.4) is 0 Å². The molecule has 2 aromatic carbocycles. The standard InChI is InChI=1S/C28H35N5O3/c1-3-31(4-2)28(35)26(21-8-6-5-7-9-21)33-15-13-32(14-16-33)25-11-10-24(18-23(25)19-29)30-27(34)22-12-17-36-20-22/h5-11,18,22,26H,3-4,12-17,20H2,1-2H3,(H,30,34)/t22-,26?/m1/s1. The quantitative estimate of drug-likeness (QED) is 0.612. The van der Waals surface area contributed by atoms with Gasteiger partial charge in [0, 0.05) is 51.6 Å². The monoisotopic (exact) mass is 489 g/mol. The Morgan fingerprint density at radius 2 is 1.83 bits per heavy atom. The zero-order chi connectivity index (χ0) is 25.5. The number of nitrogens with zero attached hydrogens (tertiary/aromatic N) is 4. The summed E-state index contributed by atoms with van der Waals surface area (Å²) in [5.41, 5.74) is 3.02. The second kappa shape index (κ2) is 12.0. The van der Waals surface area contributed by atoms with Crippen LogP contribution in [0.4, 0.5) is 11.4 Å². The van der Waals surface area contributed by atoms with E-state index >= 15 is 0 Å². The second-order valence-corrected chi connectivity index (χ2v) is 9.24. The summed E-state index contributed by atoms with van der Waals surface area (Å²) in [6.07, 6.45) is 0.722. The van der Waals surface area contributed by atoms with Crippen molar-refractivity contribution in [3.8, 4) is 6.07 Å². The highest BCUT2D eigenvalue weighted by atomic mass is 16.5. The number of likely N-dealkylation sites (N-methyl/N-ethyl adjacent to an activating group) is 1. The highest BCUT2D eigenvalue weighted by molar-refractivity contribution is 5.93. The third-order valence-corrected chi connectivity index (χ3v) is 7.13. The van der Waals surface area contributed by atoms with E-state index in [1.807, 2.05) is 61.2 Å². The summed E-state index contributed by atoms with van der Waals surface area (Å²) in [6.45, 7) is 9.26. The topological polar surface area (TPSA) is 88.9 Å². The number of nitrogens with one attached hydrogen (secondary N) is 1.